The average Bonchev–Trinajstić information content (AvgIpc) is 3.01. The van der Waals surface area contributed by atoms with E-state index in [0.29, 0.717) is 28.4 Å². The molecule has 0 radical (unpaired) electrons. The lowest BCUT2D eigenvalue weighted by Crippen LogP contribution is -2.56. The fraction of sp³-hybridized carbons (Fsp3) is 0.844. The maximum absolute atomic E-state index is 12.8. The summed E-state index contributed by atoms with van der Waals surface area (Å²) in [6, 6.07) is 0. The zero-order valence-electron chi connectivity index (χ0n) is 23.4. The first-order valence-corrected chi connectivity index (χ1v) is 14.0. The predicted molar refractivity (Wildman–Crippen MR) is 141 cm³/mol. The Bertz CT molecular complexity index is 858. The quantitative estimate of drug-likeness (QED) is 0.380. The Balaban J connectivity index is 1.61. The third-order valence-electron chi connectivity index (χ3n) is 12.7. The molecule has 4 rings (SSSR count). The van der Waals surface area contributed by atoms with E-state index in [1.807, 2.05) is 0 Å². The maximum atomic E-state index is 12.8. The minimum Gasteiger partial charge on any atom is -0.299 e. The summed E-state index contributed by atoms with van der Waals surface area (Å²) < 4.78 is 0. The second-order valence-corrected chi connectivity index (χ2v) is 14.8. The van der Waals surface area contributed by atoms with Gasteiger partial charge in [0.05, 0.1) is 0 Å². The molecule has 0 spiro atoms. The van der Waals surface area contributed by atoms with Crippen LogP contribution in [0.2, 0.25) is 0 Å². The van der Waals surface area contributed by atoms with E-state index in [2.05, 4.69) is 75.0 Å². The number of carbonyl (C=O) groups is 1. The minimum absolute atomic E-state index is 0.163. The second-order valence-electron chi connectivity index (χ2n) is 14.8. The third-order valence-corrected chi connectivity index (χ3v) is 12.7. The normalized spacial score (nSPS) is 43.2. The SMILES string of the molecule is C=C(C)C(C)(C)CC[C@H](C)[C@@H]1CC[C@]2(C)[C@@H]3CC[C@@H]4C(C)(C)C(=O)CC[C@]4(C)C3=CC[C@@]12C. The summed E-state index contributed by atoms with van der Waals surface area (Å²) in [5.41, 5.74) is 4.19. The average molecular weight is 453 g/mol. The molecule has 0 bridgehead atoms. The van der Waals surface area contributed by atoms with Crippen LogP contribution in [0.25, 0.3) is 0 Å². The molecule has 3 fully saturated rings. The van der Waals surface area contributed by atoms with Gasteiger partial charge in [-0.1, -0.05) is 79.2 Å². The molecule has 1 nitrogen and oxygen atoms in total. The van der Waals surface area contributed by atoms with E-state index in [1.54, 1.807) is 5.57 Å². The smallest absolute Gasteiger partial charge is 0.138 e. The molecule has 0 unspecified atom stereocenters. The van der Waals surface area contributed by atoms with Crippen molar-refractivity contribution in [3.63, 3.8) is 0 Å². The summed E-state index contributed by atoms with van der Waals surface area (Å²) in [7, 11) is 0. The maximum Gasteiger partial charge on any atom is 0.138 e. The van der Waals surface area contributed by atoms with E-state index in [1.165, 1.54) is 50.5 Å². The Morgan fingerprint density at radius 1 is 1.09 bits per heavy atom. The number of fused-ring (bicyclic) bond motifs is 5. The van der Waals surface area contributed by atoms with E-state index < -0.39 is 0 Å². The van der Waals surface area contributed by atoms with Crippen LogP contribution in [-0.4, -0.2) is 5.78 Å². The molecular weight excluding hydrogens is 400 g/mol. The summed E-state index contributed by atoms with van der Waals surface area (Å²) in [6.07, 6.45) is 13.7. The Kier molecular flexibility index (Phi) is 5.99. The zero-order valence-corrected chi connectivity index (χ0v) is 23.4. The number of hydrogen-bond acceptors (Lipinski definition) is 1. The highest BCUT2D eigenvalue weighted by Gasteiger charge is 2.65. The predicted octanol–water partition coefficient (Wildman–Crippen LogP) is 9.18. The first-order chi connectivity index (χ1) is 15.1. The largest absolute Gasteiger partial charge is 0.299 e. The fourth-order valence-corrected chi connectivity index (χ4v) is 9.49. The van der Waals surface area contributed by atoms with Crippen molar-refractivity contribution in [3.8, 4) is 0 Å². The van der Waals surface area contributed by atoms with Crippen molar-refractivity contribution < 1.29 is 4.79 Å². The van der Waals surface area contributed by atoms with Crippen molar-refractivity contribution in [2.24, 2.45) is 50.7 Å². The molecule has 3 saturated carbocycles. The summed E-state index contributed by atoms with van der Waals surface area (Å²) >= 11 is 0. The molecule has 0 aliphatic heterocycles. The van der Waals surface area contributed by atoms with E-state index in [0.717, 1.165) is 24.7 Å². The van der Waals surface area contributed by atoms with Crippen molar-refractivity contribution in [3.05, 3.63) is 23.8 Å². The monoisotopic (exact) mass is 452 g/mol. The Morgan fingerprint density at radius 3 is 2.39 bits per heavy atom. The molecule has 4 aliphatic carbocycles. The van der Waals surface area contributed by atoms with Gasteiger partial charge in [0.1, 0.15) is 5.78 Å². The highest BCUT2D eigenvalue weighted by Crippen LogP contribution is 2.73. The lowest BCUT2D eigenvalue weighted by molar-refractivity contribution is -0.142. The molecule has 0 amide bonds. The molecule has 0 saturated heterocycles. The first kappa shape index (κ1) is 25.2. The van der Waals surface area contributed by atoms with Gasteiger partial charge in [-0.15, -0.1) is 0 Å². The number of allylic oxidation sites excluding steroid dienone is 3. The van der Waals surface area contributed by atoms with Gasteiger partial charge in [0.25, 0.3) is 0 Å². The Labute approximate surface area is 205 Å². The lowest BCUT2D eigenvalue weighted by Gasteiger charge is -2.63. The molecular formula is C32H52O. The van der Waals surface area contributed by atoms with E-state index >= 15 is 0 Å². The minimum atomic E-state index is -0.163. The highest BCUT2D eigenvalue weighted by atomic mass is 16.1. The van der Waals surface area contributed by atoms with Crippen LogP contribution in [0.5, 0.6) is 0 Å². The molecule has 0 aromatic carbocycles. The van der Waals surface area contributed by atoms with Crippen molar-refractivity contribution in [1.29, 1.82) is 0 Å². The molecule has 33 heavy (non-hydrogen) atoms. The molecule has 186 valence electrons. The van der Waals surface area contributed by atoms with Crippen LogP contribution >= 0.6 is 0 Å². The number of Topliss-reactive ketones (excluding diaryl/α,β-unsaturated/α-hetero) is 1. The van der Waals surface area contributed by atoms with Gasteiger partial charge in [-0.25, -0.2) is 0 Å². The van der Waals surface area contributed by atoms with Gasteiger partial charge in [0.2, 0.25) is 0 Å². The van der Waals surface area contributed by atoms with Crippen molar-refractivity contribution in [2.45, 2.75) is 120 Å². The summed E-state index contributed by atoms with van der Waals surface area (Å²) in [5, 5.41) is 0. The van der Waals surface area contributed by atoms with Crippen molar-refractivity contribution in [1.82, 2.24) is 0 Å². The van der Waals surface area contributed by atoms with Crippen LogP contribution in [0.4, 0.5) is 0 Å². The van der Waals surface area contributed by atoms with Gasteiger partial charge in [-0.3, -0.25) is 4.79 Å². The molecule has 7 atom stereocenters. The van der Waals surface area contributed by atoms with Gasteiger partial charge >= 0.3 is 0 Å². The van der Waals surface area contributed by atoms with Gasteiger partial charge in [0.15, 0.2) is 0 Å². The van der Waals surface area contributed by atoms with E-state index in [9.17, 15) is 4.79 Å². The number of ketones is 1. The number of carbonyl (C=O) groups excluding carboxylic acids is 1. The lowest BCUT2D eigenvalue weighted by atomic mass is 9.41. The standard InChI is InChI=1S/C32H52O/c1-21(2)28(4,5)17-13-22(3)23-14-19-32(10)25-11-12-26-29(6,7)27(33)16-18-30(26,8)24(25)15-20-31(23,32)9/h15,22-23,25-26H,1,11-14,16-20H2,2-10H3/t22-,23-,25+,26+,30+,31-,32+/m0/s1. The number of hydrogen-bond donors (Lipinski definition) is 0. The van der Waals surface area contributed by atoms with Gasteiger partial charge < -0.3 is 0 Å². The molecule has 0 aromatic rings. The topological polar surface area (TPSA) is 17.1 Å². The Morgan fingerprint density at radius 2 is 1.76 bits per heavy atom. The van der Waals surface area contributed by atoms with Gasteiger partial charge in [-0.05, 0) is 104 Å². The fourth-order valence-electron chi connectivity index (χ4n) is 9.49. The van der Waals surface area contributed by atoms with Gasteiger partial charge in [0, 0.05) is 11.8 Å². The highest BCUT2D eigenvalue weighted by molar-refractivity contribution is 5.85. The van der Waals surface area contributed by atoms with Gasteiger partial charge in [-0.2, -0.15) is 0 Å². The van der Waals surface area contributed by atoms with Crippen LogP contribution in [0.1, 0.15) is 120 Å². The molecule has 1 heteroatoms. The van der Waals surface area contributed by atoms with Crippen LogP contribution in [0.15, 0.2) is 23.8 Å². The van der Waals surface area contributed by atoms with Crippen LogP contribution in [-0.2, 0) is 4.79 Å². The molecule has 0 heterocycles. The van der Waals surface area contributed by atoms with E-state index in [4.69, 9.17) is 0 Å². The first-order valence-electron chi connectivity index (χ1n) is 14.0. The summed E-state index contributed by atoms with van der Waals surface area (Å²) in [4.78, 5) is 12.8. The van der Waals surface area contributed by atoms with Crippen LogP contribution in [0, 0.1) is 50.7 Å². The van der Waals surface area contributed by atoms with Crippen LogP contribution in [0.3, 0.4) is 0 Å². The van der Waals surface area contributed by atoms with E-state index in [-0.39, 0.29) is 16.2 Å². The third kappa shape index (κ3) is 3.48. The zero-order chi connectivity index (χ0) is 24.6. The molecule has 4 aliphatic rings. The van der Waals surface area contributed by atoms with Crippen molar-refractivity contribution in [2.75, 3.05) is 0 Å². The number of rotatable bonds is 5. The molecule has 0 aromatic heterocycles. The second kappa shape index (κ2) is 7.83. The molecule has 0 N–H and O–H groups in total. The Hall–Kier alpha value is -0.850. The summed E-state index contributed by atoms with van der Waals surface area (Å²) in [5.74, 6) is 3.32. The van der Waals surface area contributed by atoms with Crippen LogP contribution < -0.4 is 0 Å². The van der Waals surface area contributed by atoms with Crippen molar-refractivity contribution >= 4 is 5.78 Å². The summed E-state index contributed by atoms with van der Waals surface area (Å²) in [6.45, 7) is 26.1.